The average molecular weight is 330 g/mol. The summed E-state index contributed by atoms with van der Waals surface area (Å²) in [5.41, 5.74) is 1.84. The number of carboxylic acid groups (broad SMARTS) is 1. The van der Waals surface area contributed by atoms with Crippen LogP contribution in [0.3, 0.4) is 0 Å². The molecule has 0 saturated heterocycles. The second kappa shape index (κ2) is 6.45. The molecule has 0 aliphatic carbocycles. The van der Waals surface area contributed by atoms with E-state index in [1.807, 2.05) is 0 Å². The number of halogens is 3. The first-order valence-corrected chi connectivity index (χ1v) is 7.20. The quantitative estimate of drug-likeness (QED) is 0.913. The molecule has 1 N–H and O–H groups in total. The fraction of sp³-hybridized carbons (Fsp3) is 0.286. The van der Waals surface area contributed by atoms with E-state index in [1.54, 1.807) is 17.9 Å². The Morgan fingerprint density at radius 3 is 2.45 bits per heavy atom. The highest BCUT2D eigenvalue weighted by Gasteiger charge is 2.31. The summed E-state index contributed by atoms with van der Waals surface area (Å²) < 4.78 is 37.7. The topological polar surface area (TPSA) is 53.4 Å². The summed E-state index contributed by atoms with van der Waals surface area (Å²) >= 11 is 1.39. The average Bonchev–Trinajstić information content (AvgIpc) is 2.90. The number of aliphatic carboxylic acids is 1. The molecule has 1 atom stereocenters. The van der Waals surface area contributed by atoms with Crippen molar-refractivity contribution in [3.8, 4) is 0 Å². The Labute approximate surface area is 128 Å². The van der Waals surface area contributed by atoms with Gasteiger partial charge in [0, 0.05) is 11.9 Å². The van der Waals surface area contributed by atoms with Crippen LogP contribution < -0.4 is 0 Å². The highest BCUT2D eigenvalue weighted by Crippen LogP contribution is 2.31. The normalized spacial score (nSPS) is 13.3. The summed E-state index contributed by atoms with van der Waals surface area (Å²) in [5.74, 6) is -1.13. The van der Waals surface area contributed by atoms with Crippen molar-refractivity contribution in [2.45, 2.75) is 18.8 Å². The lowest BCUT2D eigenvalue weighted by atomic mass is 10.0. The standard InChI is InChI=1S/C14H13F3N2O2S/c1-19(6-11-7-22-8-18-11)12(13(20)21)9-2-4-10(5-3-9)14(15,16)17/h2-5,7-8,12H,6H2,1H3,(H,20,21). The number of carboxylic acids is 1. The van der Waals surface area contributed by atoms with Gasteiger partial charge in [0.05, 0.1) is 16.8 Å². The maximum Gasteiger partial charge on any atom is 0.416 e. The molecule has 4 nitrogen and oxygen atoms in total. The van der Waals surface area contributed by atoms with Crippen molar-refractivity contribution < 1.29 is 23.1 Å². The Hall–Kier alpha value is -1.93. The number of thiazole rings is 1. The number of hydrogen-bond donors (Lipinski definition) is 1. The number of benzene rings is 1. The molecule has 0 amide bonds. The molecular weight excluding hydrogens is 317 g/mol. The van der Waals surface area contributed by atoms with E-state index in [9.17, 15) is 23.1 Å². The van der Waals surface area contributed by atoms with Crippen LogP contribution in [0.5, 0.6) is 0 Å². The lowest BCUT2D eigenvalue weighted by Crippen LogP contribution is -2.30. The molecule has 1 aromatic carbocycles. The molecule has 0 bridgehead atoms. The Bertz CT molecular complexity index is 627. The van der Waals surface area contributed by atoms with Crippen LogP contribution in [-0.4, -0.2) is 28.0 Å². The smallest absolute Gasteiger partial charge is 0.416 e. The number of alkyl halides is 3. The van der Waals surface area contributed by atoms with E-state index >= 15 is 0 Å². The van der Waals surface area contributed by atoms with E-state index in [-0.39, 0.29) is 0 Å². The Morgan fingerprint density at radius 2 is 2.00 bits per heavy atom. The molecule has 8 heteroatoms. The molecule has 1 heterocycles. The van der Waals surface area contributed by atoms with Crippen LogP contribution in [0.4, 0.5) is 13.2 Å². The van der Waals surface area contributed by atoms with Crippen LogP contribution in [0.25, 0.3) is 0 Å². The molecule has 0 fully saturated rings. The summed E-state index contributed by atoms with van der Waals surface area (Å²) in [4.78, 5) is 17.1. The largest absolute Gasteiger partial charge is 0.480 e. The van der Waals surface area contributed by atoms with Crippen LogP contribution >= 0.6 is 11.3 Å². The van der Waals surface area contributed by atoms with Gasteiger partial charge in [0.15, 0.2) is 0 Å². The van der Waals surface area contributed by atoms with Crippen molar-refractivity contribution in [3.63, 3.8) is 0 Å². The van der Waals surface area contributed by atoms with Crippen molar-refractivity contribution in [1.82, 2.24) is 9.88 Å². The van der Waals surface area contributed by atoms with Gasteiger partial charge in [-0.1, -0.05) is 12.1 Å². The maximum absolute atomic E-state index is 12.6. The number of likely N-dealkylation sites (N-methyl/N-ethyl adjacent to an activating group) is 1. The van der Waals surface area contributed by atoms with Gasteiger partial charge in [-0.15, -0.1) is 11.3 Å². The molecule has 0 aliphatic rings. The van der Waals surface area contributed by atoms with Crippen molar-refractivity contribution >= 4 is 17.3 Å². The van der Waals surface area contributed by atoms with Gasteiger partial charge in [-0.2, -0.15) is 13.2 Å². The van der Waals surface area contributed by atoms with Crippen LogP contribution in [0, 0.1) is 0 Å². The molecule has 2 rings (SSSR count). The van der Waals surface area contributed by atoms with Gasteiger partial charge in [-0.05, 0) is 24.7 Å². The zero-order chi connectivity index (χ0) is 16.3. The first-order valence-electron chi connectivity index (χ1n) is 6.26. The zero-order valence-corrected chi connectivity index (χ0v) is 12.4. The second-order valence-electron chi connectivity index (χ2n) is 4.76. The number of aromatic nitrogens is 1. The molecule has 0 spiro atoms. The Balaban J connectivity index is 2.22. The van der Waals surface area contributed by atoms with Crippen LogP contribution in [0.15, 0.2) is 35.2 Å². The molecule has 0 saturated carbocycles. The summed E-state index contributed by atoms with van der Waals surface area (Å²) in [7, 11) is 1.59. The van der Waals surface area contributed by atoms with Gasteiger partial charge in [0.25, 0.3) is 0 Å². The number of hydrogen-bond acceptors (Lipinski definition) is 4. The van der Waals surface area contributed by atoms with Crippen molar-refractivity contribution in [2.75, 3.05) is 7.05 Å². The van der Waals surface area contributed by atoms with Crippen molar-refractivity contribution in [3.05, 3.63) is 52.0 Å². The first kappa shape index (κ1) is 16.4. The van der Waals surface area contributed by atoms with Crippen molar-refractivity contribution in [1.29, 1.82) is 0 Å². The lowest BCUT2D eigenvalue weighted by Gasteiger charge is -2.24. The van der Waals surface area contributed by atoms with E-state index in [4.69, 9.17) is 0 Å². The minimum absolute atomic E-state index is 0.290. The maximum atomic E-state index is 12.6. The highest BCUT2D eigenvalue weighted by molar-refractivity contribution is 7.07. The second-order valence-corrected chi connectivity index (χ2v) is 5.47. The fourth-order valence-electron chi connectivity index (χ4n) is 2.10. The summed E-state index contributed by atoms with van der Waals surface area (Å²) in [6.07, 6.45) is -4.44. The van der Waals surface area contributed by atoms with Gasteiger partial charge >= 0.3 is 12.1 Å². The van der Waals surface area contributed by atoms with Gasteiger partial charge in [-0.25, -0.2) is 4.98 Å². The summed E-state index contributed by atoms with van der Waals surface area (Å²) in [6.45, 7) is 0.293. The lowest BCUT2D eigenvalue weighted by molar-refractivity contribution is -0.143. The van der Waals surface area contributed by atoms with E-state index in [0.29, 0.717) is 17.8 Å². The molecule has 118 valence electrons. The van der Waals surface area contributed by atoms with Gasteiger partial charge < -0.3 is 5.11 Å². The monoisotopic (exact) mass is 330 g/mol. The third-order valence-corrected chi connectivity index (χ3v) is 3.76. The molecule has 2 aromatic rings. The van der Waals surface area contributed by atoms with Gasteiger partial charge in [0.2, 0.25) is 0 Å². The number of rotatable bonds is 5. The van der Waals surface area contributed by atoms with Gasteiger partial charge in [0.1, 0.15) is 6.04 Å². The molecular formula is C14H13F3N2O2S. The molecule has 1 aromatic heterocycles. The highest BCUT2D eigenvalue weighted by atomic mass is 32.1. The molecule has 1 unspecified atom stereocenters. The Kier molecular flexibility index (Phi) is 4.82. The van der Waals surface area contributed by atoms with Crippen LogP contribution in [0.1, 0.15) is 22.9 Å². The summed E-state index contributed by atoms with van der Waals surface area (Å²) in [5, 5.41) is 11.2. The SMILES string of the molecule is CN(Cc1cscn1)C(C(=O)O)c1ccc(C(F)(F)F)cc1. The van der Waals surface area contributed by atoms with Crippen molar-refractivity contribution in [2.24, 2.45) is 0 Å². The van der Waals surface area contributed by atoms with E-state index in [2.05, 4.69) is 4.98 Å². The van der Waals surface area contributed by atoms with E-state index in [1.165, 1.54) is 28.4 Å². The third kappa shape index (κ3) is 3.83. The zero-order valence-electron chi connectivity index (χ0n) is 11.5. The fourth-order valence-corrected chi connectivity index (χ4v) is 2.65. The van der Waals surface area contributed by atoms with Crippen LogP contribution in [0.2, 0.25) is 0 Å². The third-order valence-electron chi connectivity index (χ3n) is 3.12. The molecule has 22 heavy (non-hydrogen) atoms. The minimum atomic E-state index is -4.44. The number of nitrogens with zero attached hydrogens (tertiary/aromatic N) is 2. The molecule has 0 aliphatic heterocycles. The van der Waals surface area contributed by atoms with E-state index < -0.39 is 23.8 Å². The molecule has 0 radical (unpaired) electrons. The predicted octanol–water partition coefficient (Wildman–Crippen LogP) is 3.42. The van der Waals surface area contributed by atoms with E-state index in [0.717, 1.165) is 12.1 Å². The number of carbonyl (C=O) groups is 1. The minimum Gasteiger partial charge on any atom is -0.480 e. The Morgan fingerprint density at radius 1 is 1.36 bits per heavy atom. The summed E-state index contributed by atoms with van der Waals surface area (Å²) in [6, 6.07) is 3.13. The van der Waals surface area contributed by atoms with Gasteiger partial charge in [-0.3, -0.25) is 9.69 Å². The predicted molar refractivity (Wildman–Crippen MR) is 75.4 cm³/mol. The first-order chi connectivity index (χ1) is 10.3. The van der Waals surface area contributed by atoms with Crippen LogP contribution in [-0.2, 0) is 17.5 Å².